The van der Waals surface area contributed by atoms with Crippen LogP contribution in [-0.2, 0) is 52.1 Å². The van der Waals surface area contributed by atoms with Gasteiger partial charge in [0.2, 0.25) is 0 Å². The third-order valence-electron chi connectivity index (χ3n) is 5.30. The fraction of sp³-hybridized carbons (Fsp3) is 0.360. The van der Waals surface area contributed by atoms with Crippen LogP contribution in [0, 0.1) is 4.32 Å². The molecule has 33 heavy (non-hydrogen) atoms. The summed E-state index contributed by atoms with van der Waals surface area (Å²) in [5.74, 6) is -0.272. The standard InChI is InChI=1S/C25H31N3O4Se/c1-26(2)23(24(29)30-3)14-22-15-27(18-31-16-20-10-6-4-7-11-20)25(33)28(22)19-32-17-21-12-8-5-9-13-21/h4-13,15,23H,14,16-19H2,1-3H3/t23-/m0/s1. The zero-order chi connectivity index (χ0) is 23.6. The molecule has 0 aliphatic heterocycles. The number of hydrogen-bond acceptors (Lipinski definition) is 5. The van der Waals surface area contributed by atoms with Crippen LogP contribution in [0.1, 0.15) is 16.8 Å². The summed E-state index contributed by atoms with van der Waals surface area (Å²) in [6, 6.07) is 19.7. The summed E-state index contributed by atoms with van der Waals surface area (Å²) in [6.07, 6.45) is 2.48. The van der Waals surface area contributed by atoms with E-state index in [0.717, 1.165) is 21.1 Å². The van der Waals surface area contributed by atoms with Crippen LogP contribution in [0.15, 0.2) is 66.9 Å². The summed E-state index contributed by atoms with van der Waals surface area (Å²) in [7, 11) is 5.16. The maximum atomic E-state index is 12.3. The average molecular weight is 517 g/mol. The van der Waals surface area contributed by atoms with E-state index >= 15 is 0 Å². The second-order valence-electron chi connectivity index (χ2n) is 7.93. The van der Waals surface area contributed by atoms with Gasteiger partial charge in [0.1, 0.15) is 0 Å². The second kappa shape index (κ2) is 12.7. The van der Waals surface area contributed by atoms with E-state index in [0.29, 0.717) is 33.1 Å². The third-order valence-corrected chi connectivity index (χ3v) is 6.26. The molecule has 0 spiro atoms. The SMILES string of the molecule is COC(=O)[C@H](Cc1cn(COCc2ccccc2)c(=[Se])n1COCc1ccccc1)N(C)C. The van der Waals surface area contributed by atoms with Gasteiger partial charge in [-0.2, -0.15) is 0 Å². The van der Waals surface area contributed by atoms with Gasteiger partial charge in [0, 0.05) is 0 Å². The number of imidazole rings is 1. The van der Waals surface area contributed by atoms with Crippen LogP contribution in [0.25, 0.3) is 0 Å². The van der Waals surface area contributed by atoms with Gasteiger partial charge in [0.05, 0.1) is 0 Å². The van der Waals surface area contributed by atoms with Crippen LogP contribution >= 0.6 is 0 Å². The number of ether oxygens (including phenoxy) is 3. The van der Waals surface area contributed by atoms with E-state index in [1.807, 2.05) is 95.0 Å². The number of benzene rings is 2. The van der Waals surface area contributed by atoms with Crippen molar-refractivity contribution in [1.29, 1.82) is 0 Å². The topological polar surface area (TPSA) is 57.9 Å². The minimum atomic E-state index is -0.407. The van der Waals surface area contributed by atoms with Crippen LogP contribution < -0.4 is 0 Å². The zero-order valence-electron chi connectivity index (χ0n) is 19.3. The Morgan fingerprint density at radius 2 is 1.48 bits per heavy atom. The van der Waals surface area contributed by atoms with Gasteiger partial charge >= 0.3 is 203 Å². The summed E-state index contributed by atoms with van der Waals surface area (Å²) in [5.41, 5.74) is 3.17. The first-order valence-electron chi connectivity index (χ1n) is 10.8. The van der Waals surface area contributed by atoms with Gasteiger partial charge in [-0.15, -0.1) is 0 Å². The minimum absolute atomic E-state index is 0.272. The van der Waals surface area contributed by atoms with E-state index in [1.54, 1.807) is 0 Å². The molecule has 8 heteroatoms. The number of hydrogen-bond donors (Lipinski definition) is 0. The number of carbonyl (C=O) groups is 1. The van der Waals surface area contributed by atoms with E-state index in [2.05, 4.69) is 15.6 Å². The monoisotopic (exact) mass is 517 g/mol. The molecule has 0 N–H and O–H groups in total. The Labute approximate surface area is 202 Å². The van der Waals surface area contributed by atoms with Crippen molar-refractivity contribution >= 4 is 21.5 Å². The molecule has 0 unspecified atom stereocenters. The first-order chi connectivity index (χ1) is 16.0. The molecule has 7 nitrogen and oxygen atoms in total. The molecular formula is C25H31N3O4Se. The number of nitrogens with zero attached hydrogens (tertiary/aromatic N) is 3. The summed E-state index contributed by atoms with van der Waals surface area (Å²) >= 11 is 3.14. The molecular weight excluding hydrogens is 485 g/mol. The molecule has 0 amide bonds. The van der Waals surface area contributed by atoms with E-state index in [1.165, 1.54) is 7.11 Å². The first-order valence-corrected chi connectivity index (χ1v) is 11.6. The first kappa shape index (κ1) is 25.1. The molecule has 1 atom stereocenters. The van der Waals surface area contributed by atoms with E-state index < -0.39 is 6.04 Å². The molecule has 0 radical (unpaired) electrons. The molecule has 2 aromatic carbocycles. The zero-order valence-corrected chi connectivity index (χ0v) is 21.1. The Kier molecular flexibility index (Phi) is 9.66. The molecule has 0 bridgehead atoms. The van der Waals surface area contributed by atoms with Crippen LogP contribution in [0.5, 0.6) is 0 Å². The molecule has 0 aliphatic carbocycles. The van der Waals surface area contributed by atoms with Gasteiger partial charge in [0.25, 0.3) is 0 Å². The molecule has 1 heterocycles. The molecule has 176 valence electrons. The van der Waals surface area contributed by atoms with Gasteiger partial charge in [-0.25, -0.2) is 0 Å². The van der Waals surface area contributed by atoms with Gasteiger partial charge in [-0.05, 0) is 0 Å². The predicted octanol–water partition coefficient (Wildman–Crippen LogP) is 2.98. The average Bonchev–Trinajstić information content (AvgIpc) is 3.12. The molecule has 0 fully saturated rings. The predicted molar refractivity (Wildman–Crippen MR) is 127 cm³/mol. The molecule has 0 saturated carbocycles. The number of methoxy groups -OCH3 is 1. The summed E-state index contributed by atoms with van der Waals surface area (Å²) < 4.78 is 21.9. The van der Waals surface area contributed by atoms with Crippen LogP contribution in [-0.4, -0.2) is 62.8 Å². The van der Waals surface area contributed by atoms with E-state index in [4.69, 9.17) is 14.2 Å². The van der Waals surface area contributed by atoms with E-state index in [-0.39, 0.29) is 5.97 Å². The van der Waals surface area contributed by atoms with Crippen molar-refractivity contribution in [2.45, 2.75) is 39.1 Å². The fourth-order valence-electron chi connectivity index (χ4n) is 3.45. The normalized spacial score (nSPS) is 12.1. The molecule has 0 saturated heterocycles. The second-order valence-corrected chi connectivity index (χ2v) is 8.70. The van der Waals surface area contributed by atoms with Crippen molar-refractivity contribution in [3.63, 3.8) is 0 Å². The Balaban J connectivity index is 1.76. The molecule has 3 rings (SSSR count). The summed E-state index contributed by atoms with van der Waals surface area (Å²) in [5, 5.41) is 0. The van der Waals surface area contributed by atoms with Gasteiger partial charge < -0.3 is 0 Å². The molecule has 3 aromatic rings. The number of likely N-dealkylation sites (N-methyl/N-ethyl adjacent to an activating group) is 1. The van der Waals surface area contributed by atoms with Gasteiger partial charge in [-0.1, -0.05) is 0 Å². The van der Waals surface area contributed by atoms with Crippen molar-refractivity contribution in [1.82, 2.24) is 14.0 Å². The number of aromatic nitrogens is 2. The summed E-state index contributed by atoms with van der Waals surface area (Å²) in [4.78, 5) is 14.2. The third kappa shape index (κ3) is 7.25. The molecule has 0 aliphatic rings. The Morgan fingerprint density at radius 1 is 0.939 bits per heavy atom. The van der Waals surface area contributed by atoms with Crippen molar-refractivity contribution in [3.8, 4) is 0 Å². The van der Waals surface area contributed by atoms with Crippen molar-refractivity contribution in [2.24, 2.45) is 0 Å². The quantitative estimate of drug-likeness (QED) is 0.274. The van der Waals surface area contributed by atoms with Crippen LogP contribution in [0.2, 0.25) is 0 Å². The number of rotatable bonds is 12. The van der Waals surface area contributed by atoms with Gasteiger partial charge in [-0.3, -0.25) is 0 Å². The number of carbonyl (C=O) groups excluding carboxylic acids is 1. The van der Waals surface area contributed by atoms with Crippen LogP contribution in [0.3, 0.4) is 0 Å². The molecule has 1 aromatic heterocycles. The Hall–Kier alpha value is -2.48. The van der Waals surface area contributed by atoms with E-state index in [9.17, 15) is 4.79 Å². The summed E-state index contributed by atoms with van der Waals surface area (Å²) in [6.45, 7) is 1.73. The Bertz CT molecular complexity index is 1060. The number of esters is 1. The maximum absolute atomic E-state index is 12.3. The van der Waals surface area contributed by atoms with Gasteiger partial charge in [0.15, 0.2) is 0 Å². The fourth-order valence-corrected chi connectivity index (χ4v) is 4.03. The Morgan fingerprint density at radius 3 is 2.00 bits per heavy atom. The van der Waals surface area contributed by atoms with Crippen molar-refractivity contribution in [3.05, 3.63) is 88.0 Å². The van der Waals surface area contributed by atoms with Crippen LogP contribution in [0.4, 0.5) is 0 Å². The van der Waals surface area contributed by atoms with Crippen molar-refractivity contribution in [2.75, 3.05) is 21.2 Å². The van der Waals surface area contributed by atoms with Crippen molar-refractivity contribution < 1.29 is 19.0 Å².